The molecule has 0 aliphatic heterocycles. The van der Waals surface area contributed by atoms with Crippen LogP contribution in [0, 0.1) is 11.3 Å². The minimum Gasteiger partial charge on any atom is -0.440 e. The molecule has 2 atom stereocenters. The van der Waals surface area contributed by atoms with Gasteiger partial charge in [-0.2, -0.15) is 5.26 Å². The van der Waals surface area contributed by atoms with Gasteiger partial charge in [-0.05, 0) is 32.7 Å². The monoisotopic (exact) mass is 237 g/mol. The van der Waals surface area contributed by atoms with Gasteiger partial charge in [0, 0.05) is 5.25 Å². The van der Waals surface area contributed by atoms with Crippen LogP contribution in [0.2, 0.25) is 0 Å². The van der Waals surface area contributed by atoms with Gasteiger partial charge in [-0.1, -0.05) is 11.8 Å². The summed E-state index contributed by atoms with van der Waals surface area (Å²) in [5.74, 6) is 0. The van der Waals surface area contributed by atoms with Gasteiger partial charge in [0.2, 0.25) is 0 Å². The van der Waals surface area contributed by atoms with E-state index in [1.165, 1.54) is 0 Å². The van der Waals surface area contributed by atoms with Crippen LogP contribution < -0.4 is 5.32 Å². The summed E-state index contributed by atoms with van der Waals surface area (Å²) in [7, 11) is 1.86. The molecule has 1 aliphatic carbocycles. The lowest BCUT2D eigenvalue weighted by molar-refractivity contribution is 0.322. The molecule has 4 nitrogen and oxygen atoms in total. The van der Waals surface area contributed by atoms with Crippen molar-refractivity contribution in [2.45, 2.75) is 41.7 Å². The molecule has 2 unspecified atom stereocenters. The Morgan fingerprint density at radius 2 is 2.62 bits per heavy atom. The SMILES string of the molecule is CNC1(C#N)CCCC(Sc2ncco2)C1. The molecule has 0 radical (unpaired) electrons. The van der Waals surface area contributed by atoms with Crippen LogP contribution in [0.3, 0.4) is 0 Å². The number of rotatable bonds is 3. The number of aromatic nitrogens is 1. The van der Waals surface area contributed by atoms with E-state index in [2.05, 4.69) is 16.4 Å². The first-order valence-corrected chi connectivity index (χ1v) is 6.32. The number of thioether (sulfide) groups is 1. The zero-order valence-corrected chi connectivity index (χ0v) is 10.1. The molecule has 1 saturated carbocycles. The maximum Gasteiger partial charge on any atom is 0.255 e. The topological polar surface area (TPSA) is 61.9 Å². The molecule has 0 amide bonds. The first kappa shape index (κ1) is 11.5. The molecule has 0 spiro atoms. The number of nitrogens with one attached hydrogen (secondary N) is 1. The lowest BCUT2D eigenvalue weighted by Gasteiger charge is -2.34. The van der Waals surface area contributed by atoms with Gasteiger partial charge in [-0.15, -0.1) is 0 Å². The van der Waals surface area contributed by atoms with Crippen LogP contribution >= 0.6 is 11.8 Å². The molecule has 1 fully saturated rings. The van der Waals surface area contributed by atoms with Gasteiger partial charge >= 0.3 is 0 Å². The van der Waals surface area contributed by atoms with Gasteiger partial charge in [0.05, 0.1) is 12.3 Å². The van der Waals surface area contributed by atoms with E-state index in [0.29, 0.717) is 10.5 Å². The van der Waals surface area contributed by atoms with Gasteiger partial charge in [0.1, 0.15) is 11.8 Å². The van der Waals surface area contributed by atoms with E-state index in [-0.39, 0.29) is 5.54 Å². The van der Waals surface area contributed by atoms with Crippen LogP contribution in [-0.2, 0) is 0 Å². The van der Waals surface area contributed by atoms with Crippen molar-refractivity contribution in [3.05, 3.63) is 12.5 Å². The quantitative estimate of drug-likeness (QED) is 0.873. The van der Waals surface area contributed by atoms with E-state index < -0.39 is 0 Å². The van der Waals surface area contributed by atoms with Gasteiger partial charge in [0.25, 0.3) is 5.22 Å². The molecule has 16 heavy (non-hydrogen) atoms. The van der Waals surface area contributed by atoms with Crippen molar-refractivity contribution >= 4 is 11.8 Å². The Morgan fingerprint density at radius 3 is 3.25 bits per heavy atom. The maximum absolute atomic E-state index is 9.22. The van der Waals surface area contributed by atoms with Crippen LogP contribution in [0.25, 0.3) is 0 Å². The summed E-state index contributed by atoms with van der Waals surface area (Å²) in [6, 6.07) is 2.40. The predicted octanol–water partition coefficient (Wildman–Crippen LogP) is 2.19. The highest BCUT2D eigenvalue weighted by Gasteiger charge is 2.36. The van der Waals surface area contributed by atoms with Crippen molar-refractivity contribution in [3.63, 3.8) is 0 Å². The molecule has 5 heteroatoms. The highest BCUT2D eigenvalue weighted by atomic mass is 32.2. The maximum atomic E-state index is 9.22. The fourth-order valence-electron chi connectivity index (χ4n) is 2.12. The van der Waals surface area contributed by atoms with Crippen molar-refractivity contribution in [1.29, 1.82) is 5.26 Å². The molecular weight excluding hydrogens is 222 g/mol. The summed E-state index contributed by atoms with van der Waals surface area (Å²) in [5.41, 5.74) is -0.359. The van der Waals surface area contributed by atoms with Crippen molar-refractivity contribution < 1.29 is 4.42 Å². The molecule has 0 bridgehead atoms. The Bertz CT molecular complexity index is 373. The number of nitriles is 1. The zero-order chi connectivity index (χ0) is 11.4. The van der Waals surface area contributed by atoms with E-state index in [1.807, 2.05) is 7.05 Å². The van der Waals surface area contributed by atoms with Crippen LogP contribution in [0.5, 0.6) is 0 Å². The minimum absolute atomic E-state index is 0.359. The normalized spacial score (nSPS) is 29.9. The van der Waals surface area contributed by atoms with Gasteiger partial charge < -0.3 is 9.73 Å². The molecular formula is C11H15N3OS. The van der Waals surface area contributed by atoms with E-state index in [0.717, 1.165) is 25.7 Å². The van der Waals surface area contributed by atoms with Crippen LogP contribution in [-0.4, -0.2) is 22.8 Å². The highest BCUT2D eigenvalue weighted by molar-refractivity contribution is 7.99. The smallest absolute Gasteiger partial charge is 0.255 e. The van der Waals surface area contributed by atoms with E-state index >= 15 is 0 Å². The zero-order valence-electron chi connectivity index (χ0n) is 9.27. The summed E-state index contributed by atoms with van der Waals surface area (Å²) in [6.45, 7) is 0. The van der Waals surface area contributed by atoms with Crippen molar-refractivity contribution in [2.24, 2.45) is 0 Å². The average Bonchev–Trinajstić information content (AvgIpc) is 2.82. The fraction of sp³-hybridized carbons (Fsp3) is 0.636. The highest BCUT2D eigenvalue weighted by Crippen LogP contribution is 2.37. The molecule has 86 valence electrons. The Hall–Kier alpha value is -0.990. The Labute approximate surface area is 99.4 Å². The summed E-state index contributed by atoms with van der Waals surface area (Å²) in [6.07, 6.45) is 7.22. The van der Waals surface area contributed by atoms with Crippen molar-refractivity contribution in [1.82, 2.24) is 10.3 Å². The van der Waals surface area contributed by atoms with Crippen molar-refractivity contribution in [3.8, 4) is 6.07 Å². The molecule has 1 aromatic rings. The second-order valence-corrected chi connectivity index (χ2v) is 5.33. The largest absolute Gasteiger partial charge is 0.440 e. The predicted molar refractivity (Wildman–Crippen MR) is 62.0 cm³/mol. The molecule has 2 rings (SSSR count). The van der Waals surface area contributed by atoms with Crippen LogP contribution in [0.15, 0.2) is 22.1 Å². The lowest BCUT2D eigenvalue weighted by atomic mass is 9.83. The summed E-state index contributed by atoms with van der Waals surface area (Å²) in [5, 5.41) is 13.5. The van der Waals surface area contributed by atoms with Crippen molar-refractivity contribution in [2.75, 3.05) is 7.05 Å². The minimum atomic E-state index is -0.359. The number of hydrogen-bond acceptors (Lipinski definition) is 5. The summed E-state index contributed by atoms with van der Waals surface area (Å²) in [4.78, 5) is 4.10. The van der Waals surface area contributed by atoms with Gasteiger partial charge in [0.15, 0.2) is 0 Å². The molecule has 1 aliphatic rings. The Kier molecular flexibility index (Phi) is 3.52. The summed E-state index contributed by atoms with van der Waals surface area (Å²) >= 11 is 1.64. The fourth-order valence-corrected chi connectivity index (χ4v) is 3.29. The Morgan fingerprint density at radius 1 is 1.75 bits per heavy atom. The third-order valence-corrected chi connectivity index (χ3v) is 4.21. The van der Waals surface area contributed by atoms with Crippen LogP contribution in [0.1, 0.15) is 25.7 Å². The van der Waals surface area contributed by atoms with Gasteiger partial charge in [-0.25, -0.2) is 4.98 Å². The second-order valence-electron chi connectivity index (χ2n) is 4.08. The molecule has 1 aromatic heterocycles. The van der Waals surface area contributed by atoms with E-state index in [1.54, 1.807) is 24.2 Å². The van der Waals surface area contributed by atoms with Gasteiger partial charge in [-0.3, -0.25) is 0 Å². The number of oxazole rings is 1. The third kappa shape index (κ3) is 2.39. The average molecular weight is 237 g/mol. The summed E-state index contributed by atoms with van der Waals surface area (Å²) < 4.78 is 5.22. The molecule has 0 saturated heterocycles. The lowest BCUT2D eigenvalue weighted by Crippen LogP contribution is -2.46. The first-order chi connectivity index (χ1) is 7.78. The molecule has 0 aromatic carbocycles. The number of hydrogen-bond donors (Lipinski definition) is 1. The van der Waals surface area contributed by atoms with E-state index in [4.69, 9.17) is 4.42 Å². The standard InChI is InChI=1S/C11H15N3OS/c1-13-11(8-12)4-2-3-9(7-11)16-10-14-5-6-15-10/h5-6,9,13H,2-4,7H2,1H3. The Balaban J connectivity index is 2.00. The van der Waals surface area contributed by atoms with Crippen LogP contribution in [0.4, 0.5) is 0 Å². The second kappa shape index (κ2) is 4.89. The number of nitrogens with zero attached hydrogens (tertiary/aromatic N) is 2. The molecule has 1 N–H and O–H groups in total. The molecule has 1 heterocycles. The third-order valence-electron chi connectivity index (χ3n) is 3.08. The van der Waals surface area contributed by atoms with E-state index in [9.17, 15) is 5.26 Å². The first-order valence-electron chi connectivity index (χ1n) is 5.44.